The van der Waals surface area contributed by atoms with Gasteiger partial charge in [-0.2, -0.15) is 0 Å². The highest BCUT2D eigenvalue weighted by atomic mass is 16.5. The molecule has 18 heavy (non-hydrogen) atoms. The van der Waals surface area contributed by atoms with Crippen molar-refractivity contribution in [2.45, 2.75) is 51.9 Å². The van der Waals surface area contributed by atoms with Crippen LogP contribution in [-0.2, 0) is 4.79 Å². The lowest BCUT2D eigenvalue weighted by Crippen LogP contribution is -2.10. The van der Waals surface area contributed by atoms with Crippen molar-refractivity contribution in [1.82, 2.24) is 0 Å². The molecule has 1 aromatic carbocycles. The molecular weight excluding hydrogens is 224 g/mol. The number of hydrogen-bond acceptors (Lipinski definition) is 2. The van der Waals surface area contributed by atoms with E-state index in [0.29, 0.717) is 6.42 Å². The van der Waals surface area contributed by atoms with Crippen LogP contribution in [0.2, 0.25) is 0 Å². The summed E-state index contributed by atoms with van der Waals surface area (Å²) in [6.07, 6.45) is 7.94. The highest BCUT2D eigenvalue weighted by molar-refractivity contribution is 5.79. The minimum atomic E-state index is 0.203. The van der Waals surface area contributed by atoms with Crippen LogP contribution >= 0.6 is 0 Å². The van der Waals surface area contributed by atoms with Crippen LogP contribution in [0.1, 0.15) is 51.9 Å². The maximum Gasteiger partial charge on any atom is 0.170 e. The fourth-order valence-corrected chi connectivity index (χ4v) is 1.86. The number of benzene rings is 1. The lowest BCUT2D eigenvalue weighted by molar-refractivity contribution is -0.121. The first-order valence-corrected chi connectivity index (χ1v) is 7.02. The van der Waals surface area contributed by atoms with E-state index in [1.165, 1.54) is 25.7 Å². The Kier molecular flexibility index (Phi) is 7.94. The number of ether oxygens (including phenoxy) is 1. The van der Waals surface area contributed by atoms with Crippen molar-refractivity contribution in [2.75, 3.05) is 6.61 Å². The van der Waals surface area contributed by atoms with E-state index in [-0.39, 0.29) is 12.4 Å². The number of rotatable bonds is 10. The summed E-state index contributed by atoms with van der Waals surface area (Å²) < 4.78 is 5.41. The number of ketones is 1. The van der Waals surface area contributed by atoms with Crippen LogP contribution in [-0.4, -0.2) is 12.4 Å². The molecule has 0 aromatic heterocycles. The summed E-state index contributed by atoms with van der Waals surface area (Å²) >= 11 is 0. The zero-order valence-corrected chi connectivity index (χ0v) is 11.4. The molecule has 0 spiro atoms. The lowest BCUT2D eigenvalue weighted by Gasteiger charge is -2.05. The number of carbonyl (C=O) groups is 1. The molecular formula is C16H24O2. The van der Waals surface area contributed by atoms with E-state index in [9.17, 15) is 4.79 Å². The van der Waals surface area contributed by atoms with Crippen LogP contribution in [0.3, 0.4) is 0 Å². The number of unbranched alkanes of at least 4 members (excludes halogenated alkanes) is 5. The first-order valence-electron chi connectivity index (χ1n) is 7.02. The van der Waals surface area contributed by atoms with Gasteiger partial charge in [0.1, 0.15) is 12.4 Å². The van der Waals surface area contributed by atoms with Crippen LogP contribution < -0.4 is 4.74 Å². The van der Waals surface area contributed by atoms with E-state index in [1.807, 2.05) is 30.3 Å². The van der Waals surface area contributed by atoms with Gasteiger partial charge in [0.05, 0.1) is 0 Å². The number of Topliss-reactive ketones (excluding diaryl/α,β-unsaturated/α-hetero) is 1. The second kappa shape index (κ2) is 9.69. The fourth-order valence-electron chi connectivity index (χ4n) is 1.86. The zero-order valence-electron chi connectivity index (χ0n) is 11.4. The van der Waals surface area contributed by atoms with Crippen molar-refractivity contribution in [3.05, 3.63) is 30.3 Å². The van der Waals surface area contributed by atoms with Gasteiger partial charge in [0, 0.05) is 6.42 Å². The average molecular weight is 248 g/mol. The zero-order chi connectivity index (χ0) is 13.1. The third kappa shape index (κ3) is 7.10. The molecule has 0 aliphatic rings. The van der Waals surface area contributed by atoms with Crippen molar-refractivity contribution in [1.29, 1.82) is 0 Å². The van der Waals surface area contributed by atoms with Crippen LogP contribution in [0.4, 0.5) is 0 Å². The van der Waals surface area contributed by atoms with E-state index >= 15 is 0 Å². The summed E-state index contributed by atoms with van der Waals surface area (Å²) in [4.78, 5) is 11.6. The molecule has 0 saturated heterocycles. The first kappa shape index (κ1) is 14.7. The molecule has 2 heteroatoms. The van der Waals surface area contributed by atoms with Crippen molar-refractivity contribution < 1.29 is 9.53 Å². The quantitative estimate of drug-likeness (QED) is 0.574. The Labute approximate surface area is 110 Å². The minimum Gasteiger partial charge on any atom is -0.486 e. The summed E-state index contributed by atoms with van der Waals surface area (Å²) in [7, 11) is 0. The molecule has 1 rings (SSSR count). The fraction of sp³-hybridized carbons (Fsp3) is 0.562. The molecule has 0 fully saturated rings. The van der Waals surface area contributed by atoms with Gasteiger partial charge in [-0.1, -0.05) is 57.2 Å². The average Bonchev–Trinajstić information content (AvgIpc) is 2.41. The molecule has 0 aliphatic carbocycles. The van der Waals surface area contributed by atoms with Crippen molar-refractivity contribution in [3.8, 4) is 5.75 Å². The Bertz CT molecular complexity index is 319. The van der Waals surface area contributed by atoms with Crippen molar-refractivity contribution >= 4 is 5.78 Å². The predicted octanol–water partition coefficient (Wildman–Crippen LogP) is 4.39. The molecule has 0 bridgehead atoms. The van der Waals surface area contributed by atoms with Crippen LogP contribution in [0.15, 0.2) is 30.3 Å². The third-order valence-corrected chi connectivity index (χ3v) is 2.95. The van der Waals surface area contributed by atoms with Gasteiger partial charge in [-0.05, 0) is 18.6 Å². The Morgan fingerprint density at radius 3 is 2.39 bits per heavy atom. The minimum absolute atomic E-state index is 0.203. The number of para-hydroxylation sites is 1. The Hall–Kier alpha value is -1.31. The molecule has 0 saturated carbocycles. The van der Waals surface area contributed by atoms with Gasteiger partial charge in [-0.25, -0.2) is 0 Å². The van der Waals surface area contributed by atoms with Gasteiger partial charge in [0.25, 0.3) is 0 Å². The molecule has 0 N–H and O–H groups in total. The van der Waals surface area contributed by atoms with Crippen LogP contribution in [0.5, 0.6) is 5.75 Å². The van der Waals surface area contributed by atoms with Gasteiger partial charge in [-0.3, -0.25) is 4.79 Å². The number of carbonyl (C=O) groups excluding carboxylic acids is 1. The summed E-state index contributed by atoms with van der Waals surface area (Å²) in [5, 5.41) is 0. The van der Waals surface area contributed by atoms with Crippen LogP contribution in [0.25, 0.3) is 0 Å². The van der Waals surface area contributed by atoms with Crippen LogP contribution in [0, 0.1) is 0 Å². The molecule has 0 atom stereocenters. The van der Waals surface area contributed by atoms with Crippen molar-refractivity contribution in [2.24, 2.45) is 0 Å². The van der Waals surface area contributed by atoms with E-state index < -0.39 is 0 Å². The van der Waals surface area contributed by atoms with E-state index in [2.05, 4.69) is 6.92 Å². The summed E-state index contributed by atoms with van der Waals surface area (Å²) in [6, 6.07) is 9.50. The second-order valence-corrected chi connectivity index (χ2v) is 4.66. The molecule has 0 amide bonds. The smallest absolute Gasteiger partial charge is 0.170 e. The molecule has 100 valence electrons. The number of hydrogen-bond donors (Lipinski definition) is 0. The highest BCUT2D eigenvalue weighted by Crippen LogP contribution is 2.10. The van der Waals surface area contributed by atoms with Gasteiger partial charge < -0.3 is 4.74 Å². The second-order valence-electron chi connectivity index (χ2n) is 4.66. The van der Waals surface area contributed by atoms with Gasteiger partial charge in [0.15, 0.2) is 5.78 Å². The Morgan fingerprint density at radius 2 is 1.67 bits per heavy atom. The molecule has 0 heterocycles. The first-order chi connectivity index (χ1) is 8.83. The van der Waals surface area contributed by atoms with Gasteiger partial charge in [-0.15, -0.1) is 0 Å². The highest BCUT2D eigenvalue weighted by Gasteiger charge is 2.02. The van der Waals surface area contributed by atoms with Gasteiger partial charge >= 0.3 is 0 Å². The van der Waals surface area contributed by atoms with Crippen molar-refractivity contribution in [3.63, 3.8) is 0 Å². The molecule has 0 unspecified atom stereocenters. The van der Waals surface area contributed by atoms with Gasteiger partial charge in [0.2, 0.25) is 0 Å². The Morgan fingerprint density at radius 1 is 1.00 bits per heavy atom. The lowest BCUT2D eigenvalue weighted by atomic mass is 10.1. The van der Waals surface area contributed by atoms with E-state index in [0.717, 1.165) is 18.6 Å². The molecule has 2 nitrogen and oxygen atoms in total. The largest absolute Gasteiger partial charge is 0.486 e. The SMILES string of the molecule is CCCCCCCCC(=O)COc1ccccc1. The standard InChI is InChI=1S/C16H24O2/c1-2-3-4-5-6-8-11-15(17)14-18-16-12-9-7-10-13-16/h7,9-10,12-13H,2-6,8,11,14H2,1H3. The molecule has 0 radical (unpaired) electrons. The predicted molar refractivity (Wildman–Crippen MR) is 74.9 cm³/mol. The summed E-state index contributed by atoms with van der Waals surface area (Å²) in [5.41, 5.74) is 0. The maximum atomic E-state index is 11.6. The third-order valence-electron chi connectivity index (χ3n) is 2.95. The summed E-state index contributed by atoms with van der Waals surface area (Å²) in [6.45, 7) is 2.42. The Balaban J connectivity index is 2.01. The summed E-state index contributed by atoms with van der Waals surface area (Å²) in [5.74, 6) is 0.975. The maximum absolute atomic E-state index is 11.6. The molecule has 0 aliphatic heterocycles. The molecule has 1 aromatic rings. The topological polar surface area (TPSA) is 26.3 Å². The monoisotopic (exact) mass is 248 g/mol. The van der Waals surface area contributed by atoms with E-state index in [1.54, 1.807) is 0 Å². The normalized spacial score (nSPS) is 10.3. The van der Waals surface area contributed by atoms with E-state index in [4.69, 9.17) is 4.74 Å².